The molecule has 74 valence electrons. The molecule has 0 N–H and O–H groups in total. The molecule has 0 unspecified atom stereocenters. The Bertz CT molecular complexity index is 310. The van der Waals surface area contributed by atoms with E-state index >= 15 is 0 Å². The minimum Gasteiger partial charge on any atom is -0.0940 e. The molecule has 0 amide bonds. The third-order valence-corrected chi connectivity index (χ3v) is 2.16. The van der Waals surface area contributed by atoms with Gasteiger partial charge in [0.05, 0.1) is 0 Å². The van der Waals surface area contributed by atoms with Crippen molar-refractivity contribution in [2.24, 2.45) is 5.11 Å². The predicted octanol–water partition coefficient (Wildman–Crippen LogP) is 3.63. The summed E-state index contributed by atoms with van der Waals surface area (Å²) in [5.41, 5.74) is 10.7. The number of nitrogens with zero attached hydrogens (tertiary/aromatic N) is 3. The molecule has 1 rings (SSSR count). The van der Waals surface area contributed by atoms with Crippen LogP contribution in [0, 0.1) is 6.92 Å². The second-order valence-electron chi connectivity index (χ2n) is 3.40. The van der Waals surface area contributed by atoms with Crippen LogP contribution < -0.4 is 0 Å². The minimum atomic E-state index is 0.613. The zero-order valence-electron chi connectivity index (χ0n) is 8.48. The summed E-state index contributed by atoms with van der Waals surface area (Å²) in [6.07, 6.45) is 3.13. The van der Waals surface area contributed by atoms with Gasteiger partial charge in [0.15, 0.2) is 0 Å². The standard InChI is InChI=1S/C11H15N3/c1-10-5-7-11(8-6-10)4-2-3-9-13-14-12/h5-8H,2-4,9H2,1H3. The van der Waals surface area contributed by atoms with Crippen molar-refractivity contribution in [2.75, 3.05) is 6.54 Å². The zero-order chi connectivity index (χ0) is 10.2. The lowest BCUT2D eigenvalue weighted by atomic mass is 10.1. The van der Waals surface area contributed by atoms with E-state index in [1.807, 2.05) is 0 Å². The Hall–Kier alpha value is -1.47. The smallest absolute Gasteiger partial charge is 0.0258 e. The molecule has 1 aromatic carbocycles. The van der Waals surface area contributed by atoms with Crippen LogP contribution in [0.5, 0.6) is 0 Å². The first-order valence-electron chi connectivity index (χ1n) is 4.89. The fourth-order valence-corrected chi connectivity index (χ4v) is 1.31. The Morgan fingerprint density at radius 3 is 2.57 bits per heavy atom. The molecule has 0 aromatic heterocycles. The minimum absolute atomic E-state index is 0.613. The van der Waals surface area contributed by atoms with Gasteiger partial charge in [0.25, 0.3) is 0 Å². The van der Waals surface area contributed by atoms with Crippen molar-refractivity contribution in [1.82, 2.24) is 0 Å². The lowest BCUT2D eigenvalue weighted by molar-refractivity contribution is 0.742. The van der Waals surface area contributed by atoms with Gasteiger partial charge < -0.3 is 0 Å². The quantitative estimate of drug-likeness (QED) is 0.294. The van der Waals surface area contributed by atoms with Crippen LogP contribution in [0.2, 0.25) is 0 Å². The zero-order valence-corrected chi connectivity index (χ0v) is 8.48. The third kappa shape index (κ3) is 3.97. The summed E-state index contributed by atoms with van der Waals surface area (Å²) in [6, 6.07) is 8.57. The number of azide groups is 1. The number of unbranched alkanes of at least 4 members (excludes halogenated alkanes) is 1. The van der Waals surface area contributed by atoms with Gasteiger partial charge in [0, 0.05) is 11.5 Å². The Kier molecular flexibility index (Phi) is 4.59. The average molecular weight is 189 g/mol. The first-order chi connectivity index (χ1) is 6.83. The van der Waals surface area contributed by atoms with E-state index in [9.17, 15) is 0 Å². The Morgan fingerprint density at radius 1 is 1.21 bits per heavy atom. The molecular weight excluding hydrogens is 174 g/mol. The molecule has 1 aromatic rings. The van der Waals surface area contributed by atoms with Crippen LogP contribution in [-0.4, -0.2) is 6.54 Å². The number of benzene rings is 1. The van der Waals surface area contributed by atoms with E-state index in [1.165, 1.54) is 11.1 Å². The van der Waals surface area contributed by atoms with E-state index in [-0.39, 0.29) is 0 Å². The molecule has 0 saturated heterocycles. The number of hydrogen-bond acceptors (Lipinski definition) is 1. The number of hydrogen-bond donors (Lipinski definition) is 0. The molecule has 0 radical (unpaired) electrons. The van der Waals surface area contributed by atoms with Gasteiger partial charge in [-0.15, -0.1) is 0 Å². The highest BCUT2D eigenvalue weighted by molar-refractivity contribution is 5.21. The normalized spacial score (nSPS) is 9.50. The van der Waals surface area contributed by atoms with E-state index in [2.05, 4.69) is 41.2 Å². The van der Waals surface area contributed by atoms with Gasteiger partial charge in [0.2, 0.25) is 0 Å². The second-order valence-corrected chi connectivity index (χ2v) is 3.40. The van der Waals surface area contributed by atoms with E-state index < -0.39 is 0 Å². The van der Waals surface area contributed by atoms with Crippen LogP contribution in [0.25, 0.3) is 10.4 Å². The lowest BCUT2D eigenvalue weighted by Gasteiger charge is -2.00. The predicted molar refractivity (Wildman–Crippen MR) is 58.1 cm³/mol. The topological polar surface area (TPSA) is 48.8 Å². The van der Waals surface area contributed by atoms with E-state index in [1.54, 1.807) is 0 Å². The molecule has 0 aliphatic carbocycles. The van der Waals surface area contributed by atoms with Crippen molar-refractivity contribution >= 4 is 0 Å². The van der Waals surface area contributed by atoms with E-state index in [0.717, 1.165) is 19.3 Å². The molecule has 0 aliphatic heterocycles. The molecule has 14 heavy (non-hydrogen) atoms. The first-order valence-corrected chi connectivity index (χ1v) is 4.89. The molecule has 0 spiro atoms. The number of aryl methyl sites for hydroxylation is 2. The lowest BCUT2D eigenvalue weighted by Crippen LogP contribution is -1.87. The maximum atomic E-state index is 8.07. The van der Waals surface area contributed by atoms with Crippen LogP contribution >= 0.6 is 0 Å². The van der Waals surface area contributed by atoms with Crippen LogP contribution in [0.1, 0.15) is 24.0 Å². The summed E-state index contributed by atoms with van der Waals surface area (Å²) in [5, 5.41) is 3.50. The highest BCUT2D eigenvalue weighted by Gasteiger charge is 1.92. The van der Waals surface area contributed by atoms with Crippen molar-refractivity contribution < 1.29 is 0 Å². The molecular formula is C11H15N3. The van der Waals surface area contributed by atoms with Crippen LogP contribution in [-0.2, 0) is 6.42 Å². The molecule has 3 nitrogen and oxygen atoms in total. The van der Waals surface area contributed by atoms with Gasteiger partial charge in [-0.1, -0.05) is 34.9 Å². The summed E-state index contributed by atoms with van der Waals surface area (Å²) in [7, 11) is 0. The molecule has 0 saturated carbocycles. The second kappa shape index (κ2) is 6.06. The molecule has 0 fully saturated rings. The fourth-order valence-electron chi connectivity index (χ4n) is 1.31. The van der Waals surface area contributed by atoms with Gasteiger partial charge in [-0.25, -0.2) is 0 Å². The highest BCUT2D eigenvalue weighted by atomic mass is 15.1. The maximum absolute atomic E-state index is 8.07. The van der Waals surface area contributed by atoms with Crippen molar-refractivity contribution in [2.45, 2.75) is 26.2 Å². The molecule has 0 aliphatic rings. The summed E-state index contributed by atoms with van der Waals surface area (Å²) >= 11 is 0. The molecule has 3 heteroatoms. The van der Waals surface area contributed by atoms with Crippen molar-refractivity contribution in [3.8, 4) is 0 Å². The monoisotopic (exact) mass is 189 g/mol. The van der Waals surface area contributed by atoms with Crippen LogP contribution in [0.15, 0.2) is 29.4 Å². The third-order valence-electron chi connectivity index (χ3n) is 2.16. The van der Waals surface area contributed by atoms with E-state index in [4.69, 9.17) is 5.53 Å². The summed E-state index contributed by atoms with van der Waals surface area (Å²) in [5.74, 6) is 0. The van der Waals surface area contributed by atoms with Gasteiger partial charge in [-0.3, -0.25) is 0 Å². The SMILES string of the molecule is Cc1ccc(CCCCN=[N+]=[N-])cc1. The molecule has 0 heterocycles. The van der Waals surface area contributed by atoms with Crippen molar-refractivity contribution in [3.63, 3.8) is 0 Å². The summed E-state index contributed by atoms with van der Waals surface area (Å²) in [6.45, 7) is 2.70. The van der Waals surface area contributed by atoms with E-state index in [0.29, 0.717) is 6.54 Å². The maximum Gasteiger partial charge on any atom is 0.0258 e. The summed E-state index contributed by atoms with van der Waals surface area (Å²) in [4.78, 5) is 2.72. The Labute approximate surface area is 84.4 Å². The first kappa shape index (κ1) is 10.6. The van der Waals surface area contributed by atoms with Crippen LogP contribution in [0.3, 0.4) is 0 Å². The van der Waals surface area contributed by atoms with Gasteiger partial charge in [-0.05, 0) is 37.3 Å². The summed E-state index contributed by atoms with van der Waals surface area (Å²) < 4.78 is 0. The average Bonchev–Trinajstić information content (AvgIpc) is 2.21. The largest absolute Gasteiger partial charge is 0.0940 e. The van der Waals surface area contributed by atoms with Crippen LogP contribution in [0.4, 0.5) is 0 Å². The highest BCUT2D eigenvalue weighted by Crippen LogP contribution is 2.07. The van der Waals surface area contributed by atoms with Gasteiger partial charge in [0.1, 0.15) is 0 Å². The molecule has 0 bridgehead atoms. The molecule has 0 atom stereocenters. The van der Waals surface area contributed by atoms with Gasteiger partial charge in [-0.2, -0.15) is 0 Å². The number of rotatable bonds is 5. The fraction of sp³-hybridized carbons (Fsp3) is 0.455. The van der Waals surface area contributed by atoms with Gasteiger partial charge >= 0.3 is 0 Å². The Morgan fingerprint density at radius 2 is 1.93 bits per heavy atom. The van der Waals surface area contributed by atoms with Crippen molar-refractivity contribution in [3.05, 3.63) is 45.8 Å². The Balaban J connectivity index is 2.24. The van der Waals surface area contributed by atoms with Crippen molar-refractivity contribution in [1.29, 1.82) is 0 Å².